The summed E-state index contributed by atoms with van der Waals surface area (Å²) in [5, 5.41) is 0. The molecular formula is C22H15F3S. The zero-order valence-electron chi connectivity index (χ0n) is 13.8. The van der Waals surface area contributed by atoms with Crippen LogP contribution in [0.25, 0.3) is 5.57 Å². The first-order chi connectivity index (χ1) is 12.4. The molecule has 3 aromatic carbocycles. The molecular weight excluding hydrogens is 353 g/mol. The maximum atomic E-state index is 12.7. The van der Waals surface area contributed by atoms with Crippen LogP contribution in [0.4, 0.5) is 13.2 Å². The standard InChI is InChI=1S/C22H15F3S/c1-14(15-6-9-19(10-7-15)22(23,24)25)16-8-11-21-18(12-16)13-17-4-2-3-5-20(17)26-21/h2-12H,1,13H2. The number of hydrogen-bond donors (Lipinski definition) is 0. The van der Waals surface area contributed by atoms with E-state index in [9.17, 15) is 13.2 Å². The molecule has 0 aromatic heterocycles. The fourth-order valence-corrected chi connectivity index (χ4v) is 4.16. The van der Waals surface area contributed by atoms with Crippen molar-refractivity contribution in [1.29, 1.82) is 0 Å². The van der Waals surface area contributed by atoms with Crippen molar-refractivity contribution >= 4 is 17.3 Å². The lowest BCUT2D eigenvalue weighted by Gasteiger charge is -2.20. The van der Waals surface area contributed by atoms with Crippen molar-refractivity contribution in [3.8, 4) is 0 Å². The number of halogens is 3. The lowest BCUT2D eigenvalue weighted by molar-refractivity contribution is -0.137. The summed E-state index contributed by atoms with van der Waals surface area (Å²) < 4.78 is 38.2. The van der Waals surface area contributed by atoms with Crippen molar-refractivity contribution in [2.45, 2.75) is 22.4 Å². The van der Waals surface area contributed by atoms with Gasteiger partial charge in [-0.2, -0.15) is 13.2 Å². The molecule has 0 amide bonds. The molecule has 0 spiro atoms. The van der Waals surface area contributed by atoms with Gasteiger partial charge in [-0.05, 0) is 64.6 Å². The van der Waals surface area contributed by atoms with Crippen LogP contribution in [0.2, 0.25) is 0 Å². The van der Waals surface area contributed by atoms with Gasteiger partial charge in [-0.3, -0.25) is 0 Å². The van der Waals surface area contributed by atoms with Crippen LogP contribution in [0.1, 0.15) is 27.8 Å². The molecule has 0 N–H and O–H groups in total. The van der Waals surface area contributed by atoms with E-state index in [4.69, 9.17) is 0 Å². The number of fused-ring (bicyclic) bond motifs is 2. The smallest absolute Gasteiger partial charge is 0.166 e. The summed E-state index contributed by atoms with van der Waals surface area (Å²) in [5.41, 5.74) is 4.23. The van der Waals surface area contributed by atoms with Crippen molar-refractivity contribution in [2.24, 2.45) is 0 Å². The Morgan fingerprint density at radius 2 is 1.46 bits per heavy atom. The van der Waals surface area contributed by atoms with Gasteiger partial charge < -0.3 is 0 Å². The van der Waals surface area contributed by atoms with Crippen LogP contribution in [0.5, 0.6) is 0 Å². The minimum Gasteiger partial charge on any atom is -0.166 e. The van der Waals surface area contributed by atoms with Crippen LogP contribution in [-0.2, 0) is 12.6 Å². The van der Waals surface area contributed by atoms with Crippen molar-refractivity contribution in [3.05, 3.63) is 101 Å². The van der Waals surface area contributed by atoms with E-state index in [2.05, 4.69) is 30.8 Å². The first-order valence-corrected chi connectivity index (χ1v) is 8.99. The largest absolute Gasteiger partial charge is 0.416 e. The summed E-state index contributed by atoms with van der Waals surface area (Å²) >= 11 is 1.75. The molecule has 0 aliphatic carbocycles. The molecule has 4 rings (SSSR count). The SMILES string of the molecule is C=C(c1ccc(C(F)(F)F)cc1)c1ccc2c(c1)Cc1ccccc1S2. The molecule has 26 heavy (non-hydrogen) atoms. The number of benzene rings is 3. The maximum absolute atomic E-state index is 12.7. The van der Waals surface area contributed by atoms with Crippen LogP contribution in [0.15, 0.2) is 83.1 Å². The Morgan fingerprint density at radius 1 is 0.808 bits per heavy atom. The average molecular weight is 368 g/mol. The van der Waals surface area contributed by atoms with Gasteiger partial charge in [0.05, 0.1) is 5.56 Å². The second-order valence-corrected chi connectivity index (χ2v) is 7.35. The molecule has 0 saturated heterocycles. The van der Waals surface area contributed by atoms with Crippen LogP contribution in [0, 0.1) is 0 Å². The van der Waals surface area contributed by atoms with Gasteiger partial charge >= 0.3 is 6.18 Å². The first kappa shape index (κ1) is 17.0. The van der Waals surface area contributed by atoms with Crippen molar-refractivity contribution in [3.63, 3.8) is 0 Å². The molecule has 0 saturated carbocycles. The lowest BCUT2D eigenvalue weighted by atomic mass is 9.95. The Kier molecular flexibility index (Phi) is 4.16. The van der Waals surface area contributed by atoms with Crippen LogP contribution < -0.4 is 0 Å². The van der Waals surface area contributed by atoms with E-state index in [1.807, 2.05) is 18.2 Å². The monoisotopic (exact) mass is 368 g/mol. The highest BCUT2D eigenvalue weighted by atomic mass is 32.2. The zero-order chi connectivity index (χ0) is 18.3. The van der Waals surface area contributed by atoms with Gasteiger partial charge in [0.15, 0.2) is 0 Å². The van der Waals surface area contributed by atoms with E-state index in [1.54, 1.807) is 11.8 Å². The zero-order valence-corrected chi connectivity index (χ0v) is 14.6. The summed E-state index contributed by atoms with van der Waals surface area (Å²) in [5.74, 6) is 0. The van der Waals surface area contributed by atoms with Gasteiger partial charge in [0.2, 0.25) is 0 Å². The molecule has 0 radical (unpaired) electrons. The molecule has 0 atom stereocenters. The lowest BCUT2D eigenvalue weighted by Crippen LogP contribution is -2.04. The van der Waals surface area contributed by atoms with Gasteiger partial charge in [-0.25, -0.2) is 0 Å². The van der Waals surface area contributed by atoms with Crippen molar-refractivity contribution in [1.82, 2.24) is 0 Å². The van der Waals surface area contributed by atoms with Gasteiger partial charge in [0, 0.05) is 9.79 Å². The Balaban J connectivity index is 1.62. The number of rotatable bonds is 2. The van der Waals surface area contributed by atoms with Crippen LogP contribution in [-0.4, -0.2) is 0 Å². The highest BCUT2D eigenvalue weighted by Gasteiger charge is 2.30. The summed E-state index contributed by atoms with van der Waals surface area (Å²) in [6.45, 7) is 4.09. The Labute approximate surface area is 154 Å². The topological polar surface area (TPSA) is 0 Å². The molecule has 0 unspecified atom stereocenters. The Hall–Kier alpha value is -2.46. The molecule has 1 aliphatic rings. The van der Waals surface area contributed by atoms with Gasteiger partial charge in [0.1, 0.15) is 0 Å². The second kappa shape index (κ2) is 6.36. The third kappa shape index (κ3) is 3.17. The Bertz CT molecular complexity index is 985. The first-order valence-electron chi connectivity index (χ1n) is 8.17. The molecule has 130 valence electrons. The minimum absolute atomic E-state index is 0.646. The van der Waals surface area contributed by atoms with E-state index in [1.165, 1.54) is 33.1 Å². The highest BCUT2D eigenvalue weighted by Crippen LogP contribution is 2.40. The predicted octanol–water partition coefficient (Wildman–Crippen LogP) is 6.82. The summed E-state index contributed by atoms with van der Waals surface area (Å²) in [7, 11) is 0. The number of hydrogen-bond acceptors (Lipinski definition) is 1. The van der Waals surface area contributed by atoms with Gasteiger partial charge in [-0.1, -0.05) is 54.7 Å². The third-order valence-corrected chi connectivity index (χ3v) is 5.78. The van der Waals surface area contributed by atoms with Gasteiger partial charge in [0.25, 0.3) is 0 Å². The fourth-order valence-electron chi connectivity index (χ4n) is 3.11. The number of alkyl halides is 3. The van der Waals surface area contributed by atoms with E-state index >= 15 is 0 Å². The van der Waals surface area contributed by atoms with Crippen molar-refractivity contribution in [2.75, 3.05) is 0 Å². The van der Waals surface area contributed by atoms with Crippen molar-refractivity contribution < 1.29 is 13.2 Å². The maximum Gasteiger partial charge on any atom is 0.416 e. The Morgan fingerprint density at radius 3 is 2.19 bits per heavy atom. The molecule has 1 heterocycles. The highest BCUT2D eigenvalue weighted by molar-refractivity contribution is 7.99. The van der Waals surface area contributed by atoms with E-state index < -0.39 is 11.7 Å². The normalized spacial score (nSPS) is 13.0. The van der Waals surface area contributed by atoms with Crippen LogP contribution in [0.3, 0.4) is 0 Å². The molecule has 4 heteroatoms. The average Bonchev–Trinajstić information content (AvgIpc) is 2.64. The second-order valence-electron chi connectivity index (χ2n) is 6.26. The van der Waals surface area contributed by atoms with Crippen LogP contribution >= 0.6 is 11.8 Å². The van der Waals surface area contributed by atoms with E-state index in [-0.39, 0.29) is 0 Å². The summed E-state index contributed by atoms with van der Waals surface area (Å²) in [6, 6.07) is 19.6. The molecule has 0 nitrogen and oxygen atoms in total. The summed E-state index contributed by atoms with van der Waals surface area (Å²) in [6.07, 6.45) is -3.47. The molecule has 3 aromatic rings. The summed E-state index contributed by atoms with van der Waals surface area (Å²) in [4.78, 5) is 2.49. The fraction of sp³-hybridized carbons (Fsp3) is 0.0909. The molecule has 0 fully saturated rings. The van der Waals surface area contributed by atoms with E-state index in [0.717, 1.165) is 29.7 Å². The molecule has 0 bridgehead atoms. The minimum atomic E-state index is -4.32. The van der Waals surface area contributed by atoms with E-state index in [0.29, 0.717) is 5.56 Å². The third-order valence-electron chi connectivity index (χ3n) is 4.54. The van der Waals surface area contributed by atoms with Gasteiger partial charge in [-0.15, -0.1) is 0 Å². The molecule has 1 aliphatic heterocycles. The predicted molar refractivity (Wildman–Crippen MR) is 99.4 cm³/mol. The quantitative estimate of drug-likeness (QED) is 0.374.